The molecule has 0 amide bonds. The van der Waals surface area contributed by atoms with E-state index >= 15 is 0 Å². The Morgan fingerprint density at radius 1 is 1.20 bits per heavy atom. The van der Waals surface area contributed by atoms with E-state index in [1.807, 2.05) is 0 Å². The SMILES string of the molecule is CC1(NS(=O)(=O)c2cc(Cl)cc(Cl)c2)CCS(=O)(=O)C1. The summed E-state index contributed by atoms with van der Waals surface area (Å²) in [4.78, 5) is -0.0828. The molecule has 0 saturated carbocycles. The summed E-state index contributed by atoms with van der Waals surface area (Å²) in [5.41, 5.74) is -1.01. The van der Waals surface area contributed by atoms with Gasteiger partial charge in [-0.1, -0.05) is 23.2 Å². The molecule has 20 heavy (non-hydrogen) atoms. The minimum Gasteiger partial charge on any atom is -0.229 e. The van der Waals surface area contributed by atoms with Crippen molar-refractivity contribution in [3.63, 3.8) is 0 Å². The first-order valence-electron chi connectivity index (χ1n) is 5.72. The van der Waals surface area contributed by atoms with Crippen LogP contribution in [0, 0.1) is 0 Å². The Kier molecular flexibility index (Phi) is 4.12. The third-order valence-electron chi connectivity index (χ3n) is 3.03. The smallest absolute Gasteiger partial charge is 0.229 e. The number of rotatable bonds is 3. The molecule has 1 aromatic carbocycles. The standard InChI is InChI=1S/C11H13Cl2NO4S2/c1-11(2-3-19(15,16)7-11)14-20(17,18)10-5-8(12)4-9(13)6-10/h4-6,14H,2-3,7H2,1H3. The highest BCUT2D eigenvalue weighted by Gasteiger charge is 2.41. The highest BCUT2D eigenvalue weighted by molar-refractivity contribution is 7.92. The monoisotopic (exact) mass is 357 g/mol. The van der Waals surface area contributed by atoms with Crippen molar-refractivity contribution in [1.82, 2.24) is 4.72 Å². The Morgan fingerprint density at radius 3 is 2.20 bits per heavy atom. The van der Waals surface area contributed by atoms with Gasteiger partial charge >= 0.3 is 0 Å². The fourth-order valence-corrected chi connectivity index (χ4v) is 6.50. The van der Waals surface area contributed by atoms with Crippen LogP contribution in [0.4, 0.5) is 0 Å². The van der Waals surface area contributed by atoms with E-state index in [0.29, 0.717) is 0 Å². The lowest BCUT2D eigenvalue weighted by atomic mass is 10.0. The summed E-state index contributed by atoms with van der Waals surface area (Å²) >= 11 is 11.6. The first-order valence-corrected chi connectivity index (χ1v) is 9.78. The van der Waals surface area contributed by atoms with Gasteiger partial charge in [-0.15, -0.1) is 0 Å². The largest absolute Gasteiger partial charge is 0.241 e. The number of benzene rings is 1. The molecule has 0 aliphatic carbocycles. The molecule has 1 unspecified atom stereocenters. The van der Waals surface area contributed by atoms with Crippen LogP contribution in [0.5, 0.6) is 0 Å². The third-order valence-corrected chi connectivity index (χ3v) is 6.99. The molecule has 2 rings (SSSR count). The molecule has 0 radical (unpaired) electrons. The van der Waals surface area contributed by atoms with Crippen LogP contribution in [0.25, 0.3) is 0 Å². The summed E-state index contributed by atoms with van der Waals surface area (Å²) in [5, 5.41) is 0.393. The van der Waals surface area contributed by atoms with E-state index < -0.39 is 25.4 Å². The number of sulfone groups is 1. The van der Waals surface area contributed by atoms with Gasteiger partial charge in [-0.05, 0) is 31.5 Å². The molecule has 1 aliphatic heterocycles. The summed E-state index contributed by atoms with van der Waals surface area (Å²) < 4.78 is 50.0. The number of nitrogens with one attached hydrogen (secondary N) is 1. The highest BCUT2D eigenvalue weighted by Crippen LogP contribution is 2.27. The minimum atomic E-state index is -3.88. The van der Waals surface area contributed by atoms with Gasteiger partial charge in [0.1, 0.15) is 0 Å². The lowest BCUT2D eigenvalue weighted by Gasteiger charge is -2.23. The number of hydrogen-bond donors (Lipinski definition) is 1. The van der Waals surface area contributed by atoms with Gasteiger partial charge in [0, 0.05) is 15.6 Å². The van der Waals surface area contributed by atoms with E-state index in [0.717, 1.165) is 0 Å². The number of sulfonamides is 1. The molecule has 112 valence electrons. The van der Waals surface area contributed by atoms with Crippen molar-refractivity contribution in [1.29, 1.82) is 0 Å². The van der Waals surface area contributed by atoms with Crippen molar-refractivity contribution in [2.45, 2.75) is 23.8 Å². The lowest BCUT2D eigenvalue weighted by molar-refractivity contribution is 0.462. The fourth-order valence-electron chi connectivity index (χ4n) is 2.16. The molecule has 1 aliphatic rings. The zero-order valence-electron chi connectivity index (χ0n) is 10.6. The molecule has 0 bridgehead atoms. The molecule has 5 nitrogen and oxygen atoms in total. The molecule has 1 heterocycles. The summed E-state index contributed by atoms with van der Waals surface area (Å²) in [6.45, 7) is 1.57. The Balaban J connectivity index is 2.32. The second-order valence-electron chi connectivity index (χ2n) is 5.11. The van der Waals surface area contributed by atoms with Gasteiger partial charge in [-0.3, -0.25) is 0 Å². The van der Waals surface area contributed by atoms with Crippen LogP contribution >= 0.6 is 23.2 Å². The summed E-state index contributed by atoms with van der Waals surface area (Å²) in [6.07, 6.45) is 0.239. The zero-order valence-corrected chi connectivity index (χ0v) is 13.7. The van der Waals surface area contributed by atoms with Crippen molar-refractivity contribution in [2.75, 3.05) is 11.5 Å². The normalized spacial score (nSPS) is 25.8. The van der Waals surface area contributed by atoms with Crippen LogP contribution in [-0.4, -0.2) is 33.9 Å². The molecule has 1 N–H and O–H groups in total. The van der Waals surface area contributed by atoms with Gasteiger partial charge in [-0.2, -0.15) is 0 Å². The molecule has 0 aromatic heterocycles. The van der Waals surface area contributed by atoms with E-state index in [9.17, 15) is 16.8 Å². The van der Waals surface area contributed by atoms with Gasteiger partial charge in [0.15, 0.2) is 9.84 Å². The summed E-state index contributed by atoms with van der Waals surface area (Å²) in [5.74, 6) is -0.240. The maximum Gasteiger partial charge on any atom is 0.241 e. The van der Waals surface area contributed by atoms with Gasteiger partial charge in [0.2, 0.25) is 10.0 Å². The van der Waals surface area contributed by atoms with Crippen LogP contribution in [0.3, 0.4) is 0 Å². The molecular weight excluding hydrogens is 345 g/mol. The van der Waals surface area contributed by atoms with E-state index in [1.165, 1.54) is 18.2 Å². The maximum absolute atomic E-state index is 12.3. The third kappa shape index (κ3) is 3.65. The van der Waals surface area contributed by atoms with E-state index in [1.54, 1.807) is 6.92 Å². The Morgan fingerprint density at radius 2 is 1.75 bits per heavy atom. The van der Waals surface area contributed by atoms with Gasteiger partial charge in [0.25, 0.3) is 0 Å². The molecule has 1 aromatic rings. The van der Waals surface area contributed by atoms with Crippen LogP contribution < -0.4 is 4.72 Å². The summed E-state index contributed by atoms with van der Waals surface area (Å²) in [6, 6.07) is 3.95. The number of halogens is 2. The predicted molar refractivity (Wildman–Crippen MR) is 78.5 cm³/mol. The lowest BCUT2D eigenvalue weighted by Crippen LogP contribution is -2.46. The Bertz CT molecular complexity index is 725. The second-order valence-corrected chi connectivity index (χ2v) is 9.85. The zero-order chi connectivity index (χ0) is 15.2. The van der Waals surface area contributed by atoms with Crippen LogP contribution in [0.15, 0.2) is 23.1 Å². The van der Waals surface area contributed by atoms with E-state index in [4.69, 9.17) is 23.2 Å². The highest BCUT2D eigenvalue weighted by atomic mass is 35.5. The van der Waals surface area contributed by atoms with Crippen molar-refractivity contribution in [2.24, 2.45) is 0 Å². The van der Waals surface area contributed by atoms with Gasteiger partial charge < -0.3 is 0 Å². The van der Waals surface area contributed by atoms with Gasteiger partial charge in [-0.25, -0.2) is 21.6 Å². The maximum atomic E-state index is 12.3. The predicted octanol–water partition coefficient (Wildman–Crippen LogP) is 1.85. The molecular formula is C11H13Cl2NO4S2. The molecule has 1 saturated heterocycles. The topological polar surface area (TPSA) is 80.3 Å². The van der Waals surface area contributed by atoms with Crippen molar-refractivity contribution < 1.29 is 16.8 Å². The van der Waals surface area contributed by atoms with Crippen molar-refractivity contribution in [3.8, 4) is 0 Å². The second kappa shape index (κ2) is 5.14. The Hall–Kier alpha value is -0.340. The molecule has 1 fully saturated rings. The number of hydrogen-bond acceptors (Lipinski definition) is 4. The fraction of sp³-hybridized carbons (Fsp3) is 0.455. The van der Waals surface area contributed by atoms with Gasteiger partial charge in [0.05, 0.1) is 16.4 Å². The van der Waals surface area contributed by atoms with E-state index in [2.05, 4.69) is 4.72 Å². The average molecular weight is 358 g/mol. The molecule has 0 spiro atoms. The van der Waals surface area contributed by atoms with Crippen LogP contribution in [0.1, 0.15) is 13.3 Å². The Labute approximate surface area is 128 Å². The molecule has 1 atom stereocenters. The average Bonchev–Trinajstić information content (AvgIpc) is 2.50. The van der Waals surface area contributed by atoms with Crippen molar-refractivity contribution in [3.05, 3.63) is 28.2 Å². The molecule has 9 heteroatoms. The first-order chi connectivity index (χ1) is 9.01. The first kappa shape index (κ1) is 16.0. The van der Waals surface area contributed by atoms with Crippen molar-refractivity contribution >= 4 is 43.1 Å². The quantitative estimate of drug-likeness (QED) is 0.894. The van der Waals surface area contributed by atoms with Crippen LogP contribution in [0.2, 0.25) is 10.0 Å². The van der Waals surface area contributed by atoms with E-state index in [-0.39, 0.29) is 32.9 Å². The summed E-state index contributed by atoms with van der Waals surface area (Å²) in [7, 11) is -7.08. The minimum absolute atomic E-state index is 0.0255. The van der Waals surface area contributed by atoms with Crippen LogP contribution in [-0.2, 0) is 19.9 Å².